The van der Waals surface area contributed by atoms with Gasteiger partial charge in [0.2, 0.25) is 0 Å². The predicted octanol–water partition coefficient (Wildman–Crippen LogP) is 4.83. The molecule has 0 aliphatic heterocycles. The van der Waals surface area contributed by atoms with E-state index in [1.54, 1.807) is 10.5 Å². The minimum atomic E-state index is -0.0353. The monoisotopic (exact) mass is 377 g/mol. The van der Waals surface area contributed by atoms with E-state index >= 15 is 0 Å². The molecule has 1 atom stereocenters. The molecule has 0 unspecified atom stereocenters. The second kappa shape index (κ2) is 9.16. The van der Waals surface area contributed by atoms with Crippen LogP contribution in [0.3, 0.4) is 0 Å². The number of hydrogen-bond donors (Lipinski definition) is 1. The molecule has 2 aromatic heterocycles. The molecule has 3 rings (SSSR count). The van der Waals surface area contributed by atoms with Crippen molar-refractivity contribution in [2.45, 2.75) is 59.5 Å². The Labute approximate surface area is 167 Å². The van der Waals surface area contributed by atoms with Crippen molar-refractivity contribution in [1.29, 1.82) is 0 Å². The van der Waals surface area contributed by atoms with Gasteiger partial charge in [0.1, 0.15) is 5.65 Å². The van der Waals surface area contributed by atoms with Crippen LogP contribution >= 0.6 is 0 Å². The molecule has 0 bridgehead atoms. The van der Waals surface area contributed by atoms with Gasteiger partial charge in [-0.2, -0.15) is 0 Å². The lowest BCUT2D eigenvalue weighted by Gasteiger charge is -2.23. The van der Waals surface area contributed by atoms with Gasteiger partial charge < -0.3 is 5.32 Å². The van der Waals surface area contributed by atoms with Crippen molar-refractivity contribution >= 4 is 5.65 Å². The fourth-order valence-corrected chi connectivity index (χ4v) is 3.57. The highest BCUT2D eigenvalue weighted by atomic mass is 16.1. The zero-order valence-electron chi connectivity index (χ0n) is 17.4. The van der Waals surface area contributed by atoms with Crippen LogP contribution in [-0.2, 0) is 13.0 Å². The second-order valence-electron chi connectivity index (χ2n) is 7.97. The Balaban J connectivity index is 1.76. The molecule has 2 heterocycles. The molecule has 0 saturated heterocycles. The van der Waals surface area contributed by atoms with Crippen LogP contribution in [0.2, 0.25) is 0 Å². The van der Waals surface area contributed by atoms with Gasteiger partial charge in [-0.1, -0.05) is 57.5 Å². The maximum Gasteiger partial charge on any atom is 0.258 e. The van der Waals surface area contributed by atoms with Gasteiger partial charge in [-0.3, -0.25) is 9.20 Å². The summed E-state index contributed by atoms with van der Waals surface area (Å²) in [5.41, 5.74) is 5.16. The third kappa shape index (κ3) is 4.87. The normalized spacial score (nSPS) is 12.6. The summed E-state index contributed by atoms with van der Waals surface area (Å²) in [6.45, 7) is 9.20. The molecule has 1 N–H and O–H groups in total. The average Bonchev–Trinajstić information content (AvgIpc) is 2.68. The summed E-state index contributed by atoms with van der Waals surface area (Å²) < 4.78 is 1.60. The summed E-state index contributed by atoms with van der Waals surface area (Å²) in [5, 5.41) is 3.61. The lowest BCUT2D eigenvalue weighted by Crippen LogP contribution is -2.27. The van der Waals surface area contributed by atoms with Crippen LogP contribution in [-0.4, -0.2) is 9.38 Å². The SMILES string of the molecule is CCCCc1ccc([C@@H](NCc2cc(=O)n3cc(C)ccc3n2)C(C)C)cc1. The number of unbranched alkanes of at least 4 members (excludes halogenated alkanes) is 1. The van der Waals surface area contributed by atoms with E-state index in [-0.39, 0.29) is 11.6 Å². The highest BCUT2D eigenvalue weighted by molar-refractivity contribution is 5.40. The smallest absolute Gasteiger partial charge is 0.258 e. The topological polar surface area (TPSA) is 46.4 Å². The number of nitrogens with zero attached hydrogens (tertiary/aromatic N) is 2. The van der Waals surface area contributed by atoms with Crippen LogP contribution in [0, 0.1) is 12.8 Å². The van der Waals surface area contributed by atoms with Crippen LogP contribution in [0.1, 0.15) is 62.0 Å². The summed E-state index contributed by atoms with van der Waals surface area (Å²) in [6.07, 6.45) is 5.42. The molecular weight excluding hydrogens is 346 g/mol. The molecule has 148 valence electrons. The average molecular weight is 378 g/mol. The van der Waals surface area contributed by atoms with Crippen LogP contribution in [0.25, 0.3) is 5.65 Å². The van der Waals surface area contributed by atoms with Crippen LogP contribution in [0.4, 0.5) is 0 Å². The molecule has 0 saturated carbocycles. The number of fused-ring (bicyclic) bond motifs is 1. The standard InChI is InChI=1S/C24H31N3O/c1-5-6-7-19-9-11-20(12-10-19)24(17(2)3)25-15-21-14-23(28)27-16-18(4)8-13-22(27)26-21/h8-14,16-17,24-25H,5-7,15H2,1-4H3/t24-/m0/s1. The van der Waals surface area contributed by atoms with E-state index in [4.69, 9.17) is 0 Å². The van der Waals surface area contributed by atoms with Crippen molar-refractivity contribution in [3.63, 3.8) is 0 Å². The highest BCUT2D eigenvalue weighted by Gasteiger charge is 2.16. The molecule has 0 fully saturated rings. The Morgan fingerprint density at radius 1 is 1.11 bits per heavy atom. The molecule has 0 radical (unpaired) electrons. The Kier molecular flexibility index (Phi) is 6.63. The van der Waals surface area contributed by atoms with Crippen molar-refractivity contribution in [2.24, 2.45) is 5.92 Å². The van der Waals surface area contributed by atoms with Crippen LogP contribution in [0.5, 0.6) is 0 Å². The highest BCUT2D eigenvalue weighted by Crippen LogP contribution is 2.23. The number of hydrogen-bond acceptors (Lipinski definition) is 3. The molecule has 0 aliphatic rings. The zero-order chi connectivity index (χ0) is 20.1. The van der Waals surface area contributed by atoms with Gasteiger partial charge in [-0.05, 0) is 48.4 Å². The quantitative estimate of drug-likeness (QED) is 0.611. The molecule has 28 heavy (non-hydrogen) atoms. The summed E-state index contributed by atoms with van der Waals surface area (Å²) in [7, 11) is 0. The molecule has 0 amide bonds. The summed E-state index contributed by atoms with van der Waals surface area (Å²) in [6, 6.07) is 14.7. The van der Waals surface area contributed by atoms with Crippen molar-refractivity contribution < 1.29 is 0 Å². The number of pyridine rings is 1. The van der Waals surface area contributed by atoms with Gasteiger partial charge in [-0.25, -0.2) is 4.98 Å². The summed E-state index contributed by atoms with van der Waals surface area (Å²) in [5.74, 6) is 0.436. The van der Waals surface area contributed by atoms with Crippen molar-refractivity contribution in [1.82, 2.24) is 14.7 Å². The molecular formula is C24H31N3O. The largest absolute Gasteiger partial charge is 0.304 e. The van der Waals surface area contributed by atoms with Crippen molar-refractivity contribution in [3.05, 3.63) is 81.4 Å². The molecule has 1 aromatic carbocycles. The number of aromatic nitrogens is 2. The maximum atomic E-state index is 12.4. The van der Waals surface area contributed by atoms with Gasteiger partial charge >= 0.3 is 0 Å². The Morgan fingerprint density at radius 2 is 1.86 bits per heavy atom. The van der Waals surface area contributed by atoms with Crippen molar-refractivity contribution in [2.75, 3.05) is 0 Å². The molecule has 4 nitrogen and oxygen atoms in total. The number of aryl methyl sites for hydroxylation is 2. The molecule has 0 spiro atoms. The van der Waals surface area contributed by atoms with Gasteiger partial charge in [0.25, 0.3) is 5.56 Å². The van der Waals surface area contributed by atoms with Crippen molar-refractivity contribution in [3.8, 4) is 0 Å². The molecule has 0 aliphatic carbocycles. The maximum absolute atomic E-state index is 12.4. The van der Waals surface area contributed by atoms with Gasteiger partial charge in [0.15, 0.2) is 0 Å². The summed E-state index contributed by atoms with van der Waals surface area (Å²) in [4.78, 5) is 17.1. The fraction of sp³-hybridized carbons (Fsp3) is 0.417. The van der Waals surface area contributed by atoms with E-state index in [0.29, 0.717) is 18.1 Å². The van der Waals surface area contributed by atoms with E-state index in [9.17, 15) is 4.79 Å². The first-order chi connectivity index (χ1) is 13.5. The first kappa shape index (κ1) is 20.3. The van der Waals surface area contributed by atoms with E-state index in [2.05, 4.69) is 55.3 Å². The van der Waals surface area contributed by atoms with E-state index < -0.39 is 0 Å². The Hall–Kier alpha value is -2.46. The second-order valence-corrected chi connectivity index (χ2v) is 7.97. The zero-order valence-corrected chi connectivity index (χ0v) is 17.4. The van der Waals surface area contributed by atoms with E-state index in [1.165, 1.54) is 24.0 Å². The van der Waals surface area contributed by atoms with E-state index in [0.717, 1.165) is 17.7 Å². The third-order valence-electron chi connectivity index (χ3n) is 5.19. The predicted molar refractivity (Wildman–Crippen MR) is 116 cm³/mol. The lowest BCUT2D eigenvalue weighted by molar-refractivity contribution is 0.408. The number of rotatable bonds is 8. The van der Waals surface area contributed by atoms with Crippen LogP contribution in [0.15, 0.2) is 53.5 Å². The summed E-state index contributed by atoms with van der Waals surface area (Å²) >= 11 is 0. The first-order valence-electron chi connectivity index (χ1n) is 10.3. The van der Waals surface area contributed by atoms with Crippen LogP contribution < -0.4 is 10.9 Å². The molecule has 3 aromatic rings. The Morgan fingerprint density at radius 3 is 2.54 bits per heavy atom. The molecule has 4 heteroatoms. The third-order valence-corrected chi connectivity index (χ3v) is 5.19. The number of benzene rings is 1. The first-order valence-corrected chi connectivity index (χ1v) is 10.3. The van der Waals surface area contributed by atoms with E-state index in [1.807, 2.05) is 25.3 Å². The minimum absolute atomic E-state index is 0.0353. The lowest BCUT2D eigenvalue weighted by atomic mass is 9.94. The minimum Gasteiger partial charge on any atom is -0.304 e. The number of nitrogens with one attached hydrogen (secondary N) is 1. The van der Waals surface area contributed by atoms with Gasteiger partial charge in [0, 0.05) is 24.8 Å². The van der Waals surface area contributed by atoms with Gasteiger partial charge in [-0.15, -0.1) is 0 Å². The fourth-order valence-electron chi connectivity index (χ4n) is 3.57. The van der Waals surface area contributed by atoms with Gasteiger partial charge in [0.05, 0.1) is 5.69 Å². The Bertz CT molecular complexity index is 973.